The van der Waals surface area contributed by atoms with Gasteiger partial charge in [0, 0.05) is 6.54 Å². The second-order valence-electron chi connectivity index (χ2n) is 4.50. The van der Waals surface area contributed by atoms with Gasteiger partial charge in [0.25, 0.3) is 5.91 Å². The molecule has 4 nitrogen and oxygen atoms in total. The van der Waals surface area contributed by atoms with Crippen molar-refractivity contribution in [3.05, 3.63) is 70.8 Å². The number of ether oxygens (including phenoxy) is 1. The van der Waals surface area contributed by atoms with Gasteiger partial charge in [-0.05, 0) is 35.9 Å². The molecule has 0 aliphatic carbocycles. The highest BCUT2D eigenvalue weighted by molar-refractivity contribution is 5.94. The molecule has 1 amide bonds. The zero-order chi connectivity index (χ0) is 16.1. The third kappa shape index (κ3) is 3.66. The quantitative estimate of drug-likeness (QED) is 0.884. The van der Waals surface area contributed by atoms with Gasteiger partial charge in [0.05, 0.1) is 18.2 Å². The lowest BCUT2D eigenvalue weighted by atomic mass is 10.1. The van der Waals surface area contributed by atoms with Crippen LogP contribution in [-0.4, -0.2) is 19.0 Å². The Balaban J connectivity index is 2.02. The highest BCUT2D eigenvalue weighted by Crippen LogP contribution is 2.10. The smallest absolute Gasteiger partial charge is 0.337 e. The molecule has 0 saturated carbocycles. The SMILES string of the molecule is COC(=O)c1ccc(CNC(=O)c2cc(F)ccc2F)cc1. The molecule has 0 saturated heterocycles. The molecule has 2 aromatic carbocycles. The minimum absolute atomic E-state index is 0.121. The van der Waals surface area contributed by atoms with E-state index in [4.69, 9.17) is 0 Å². The van der Waals surface area contributed by atoms with E-state index in [-0.39, 0.29) is 12.1 Å². The van der Waals surface area contributed by atoms with Crippen molar-refractivity contribution in [2.75, 3.05) is 7.11 Å². The molecule has 0 atom stereocenters. The van der Waals surface area contributed by atoms with Gasteiger partial charge in [-0.2, -0.15) is 0 Å². The van der Waals surface area contributed by atoms with E-state index < -0.39 is 23.5 Å². The van der Waals surface area contributed by atoms with E-state index in [1.807, 2.05) is 0 Å². The summed E-state index contributed by atoms with van der Waals surface area (Å²) in [5, 5.41) is 2.48. The molecule has 0 unspecified atom stereocenters. The van der Waals surface area contributed by atoms with E-state index in [0.29, 0.717) is 11.1 Å². The molecule has 0 bridgehead atoms. The largest absolute Gasteiger partial charge is 0.465 e. The second-order valence-corrected chi connectivity index (χ2v) is 4.50. The van der Waals surface area contributed by atoms with Gasteiger partial charge in [0.1, 0.15) is 11.6 Å². The molecule has 22 heavy (non-hydrogen) atoms. The van der Waals surface area contributed by atoms with Gasteiger partial charge in [-0.15, -0.1) is 0 Å². The van der Waals surface area contributed by atoms with E-state index in [1.165, 1.54) is 7.11 Å². The van der Waals surface area contributed by atoms with Crippen LogP contribution in [0.15, 0.2) is 42.5 Å². The predicted molar refractivity (Wildman–Crippen MR) is 75.3 cm³/mol. The Morgan fingerprint density at radius 1 is 1.09 bits per heavy atom. The molecular weight excluding hydrogens is 292 g/mol. The van der Waals surface area contributed by atoms with Crippen molar-refractivity contribution in [3.8, 4) is 0 Å². The fourth-order valence-electron chi connectivity index (χ4n) is 1.83. The van der Waals surface area contributed by atoms with Gasteiger partial charge in [-0.1, -0.05) is 12.1 Å². The van der Waals surface area contributed by atoms with Crippen LogP contribution in [0.2, 0.25) is 0 Å². The topological polar surface area (TPSA) is 55.4 Å². The third-order valence-electron chi connectivity index (χ3n) is 3.00. The molecule has 6 heteroatoms. The van der Waals surface area contributed by atoms with Crippen molar-refractivity contribution in [2.45, 2.75) is 6.54 Å². The standard InChI is InChI=1S/C16H13F2NO3/c1-22-16(21)11-4-2-10(3-5-11)9-19-15(20)13-8-12(17)6-7-14(13)18/h2-8H,9H2,1H3,(H,19,20). The van der Waals surface area contributed by atoms with Crippen molar-refractivity contribution < 1.29 is 23.1 Å². The number of methoxy groups -OCH3 is 1. The summed E-state index contributed by atoms with van der Waals surface area (Å²) in [6.45, 7) is 0.121. The number of hydrogen-bond donors (Lipinski definition) is 1. The van der Waals surface area contributed by atoms with Crippen LogP contribution in [-0.2, 0) is 11.3 Å². The minimum atomic E-state index is -0.792. The summed E-state index contributed by atoms with van der Waals surface area (Å²) in [6.07, 6.45) is 0. The first kappa shape index (κ1) is 15.6. The van der Waals surface area contributed by atoms with Crippen molar-refractivity contribution >= 4 is 11.9 Å². The zero-order valence-corrected chi connectivity index (χ0v) is 11.7. The van der Waals surface area contributed by atoms with Gasteiger partial charge >= 0.3 is 5.97 Å². The number of hydrogen-bond acceptors (Lipinski definition) is 3. The summed E-state index contributed by atoms with van der Waals surface area (Å²) in [5.74, 6) is -2.65. The van der Waals surface area contributed by atoms with Crippen LogP contribution >= 0.6 is 0 Å². The molecule has 2 aromatic rings. The Morgan fingerprint density at radius 3 is 2.41 bits per heavy atom. The molecule has 0 spiro atoms. The predicted octanol–water partition coefficient (Wildman–Crippen LogP) is 2.68. The van der Waals surface area contributed by atoms with E-state index in [2.05, 4.69) is 10.1 Å². The Bertz CT molecular complexity index is 699. The number of nitrogens with one attached hydrogen (secondary N) is 1. The van der Waals surface area contributed by atoms with E-state index in [1.54, 1.807) is 24.3 Å². The Kier molecular flexibility index (Phi) is 4.83. The summed E-state index contributed by atoms with van der Waals surface area (Å²) < 4.78 is 31.1. The fourth-order valence-corrected chi connectivity index (χ4v) is 1.83. The van der Waals surface area contributed by atoms with Crippen LogP contribution in [0, 0.1) is 11.6 Å². The van der Waals surface area contributed by atoms with Crippen molar-refractivity contribution in [1.82, 2.24) is 5.32 Å². The second kappa shape index (κ2) is 6.80. The van der Waals surface area contributed by atoms with Gasteiger partial charge < -0.3 is 10.1 Å². The van der Waals surface area contributed by atoms with Crippen molar-refractivity contribution in [2.24, 2.45) is 0 Å². The molecule has 0 aliphatic rings. The van der Waals surface area contributed by atoms with Gasteiger partial charge in [0.2, 0.25) is 0 Å². The number of carbonyl (C=O) groups excluding carboxylic acids is 2. The lowest BCUT2D eigenvalue weighted by molar-refractivity contribution is 0.0600. The first-order valence-corrected chi connectivity index (χ1v) is 6.42. The van der Waals surface area contributed by atoms with Crippen LogP contribution in [0.3, 0.4) is 0 Å². The van der Waals surface area contributed by atoms with E-state index in [9.17, 15) is 18.4 Å². The summed E-state index contributed by atoms with van der Waals surface area (Å²) >= 11 is 0. The third-order valence-corrected chi connectivity index (χ3v) is 3.00. The summed E-state index contributed by atoms with van der Waals surface area (Å²) in [5.41, 5.74) is 0.734. The lowest BCUT2D eigenvalue weighted by Crippen LogP contribution is -2.24. The summed E-state index contributed by atoms with van der Waals surface area (Å²) in [4.78, 5) is 23.1. The van der Waals surface area contributed by atoms with Crippen LogP contribution in [0.4, 0.5) is 8.78 Å². The van der Waals surface area contributed by atoms with E-state index in [0.717, 1.165) is 18.2 Å². The Morgan fingerprint density at radius 2 is 1.77 bits per heavy atom. The molecule has 0 aliphatic heterocycles. The van der Waals surface area contributed by atoms with Crippen LogP contribution in [0.5, 0.6) is 0 Å². The van der Waals surface area contributed by atoms with E-state index >= 15 is 0 Å². The van der Waals surface area contributed by atoms with Gasteiger partial charge in [-0.3, -0.25) is 4.79 Å². The molecule has 0 aromatic heterocycles. The number of halogens is 2. The number of rotatable bonds is 4. The van der Waals surface area contributed by atoms with Crippen molar-refractivity contribution in [3.63, 3.8) is 0 Å². The Hall–Kier alpha value is -2.76. The highest BCUT2D eigenvalue weighted by atomic mass is 19.1. The average molecular weight is 305 g/mol. The first-order chi connectivity index (χ1) is 10.5. The summed E-state index contributed by atoms with van der Waals surface area (Å²) in [6, 6.07) is 9.05. The molecule has 0 heterocycles. The van der Waals surface area contributed by atoms with Crippen LogP contribution < -0.4 is 5.32 Å². The Labute approximate surface area is 125 Å². The average Bonchev–Trinajstić information content (AvgIpc) is 2.54. The maximum Gasteiger partial charge on any atom is 0.337 e. The zero-order valence-electron chi connectivity index (χ0n) is 11.7. The maximum atomic E-state index is 13.4. The summed E-state index contributed by atoms with van der Waals surface area (Å²) in [7, 11) is 1.28. The molecule has 2 rings (SSSR count). The van der Waals surface area contributed by atoms with Crippen LogP contribution in [0.1, 0.15) is 26.3 Å². The maximum absolute atomic E-state index is 13.4. The molecule has 114 valence electrons. The van der Waals surface area contributed by atoms with Crippen LogP contribution in [0.25, 0.3) is 0 Å². The number of esters is 1. The monoisotopic (exact) mass is 305 g/mol. The lowest BCUT2D eigenvalue weighted by Gasteiger charge is -2.07. The number of amides is 1. The minimum Gasteiger partial charge on any atom is -0.465 e. The number of benzene rings is 2. The molecular formula is C16H13F2NO3. The van der Waals surface area contributed by atoms with Crippen molar-refractivity contribution in [1.29, 1.82) is 0 Å². The van der Waals surface area contributed by atoms with Gasteiger partial charge in [0.15, 0.2) is 0 Å². The first-order valence-electron chi connectivity index (χ1n) is 6.42. The number of carbonyl (C=O) groups is 2. The molecule has 0 fully saturated rings. The molecule has 1 N–H and O–H groups in total. The normalized spacial score (nSPS) is 10.1. The molecule has 0 radical (unpaired) electrons. The fraction of sp³-hybridized carbons (Fsp3) is 0.125. The van der Waals surface area contributed by atoms with Gasteiger partial charge in [-0.25, -0.2) is 13.6 Å². The highest BCUT2D eigenvalue weighted by Gasteiger charge is 2.12.